The van der Waals surface area contributed by atoms with Crippen molar-refractivity contribution in [2.75, 3.05) is 13.7 Å². The lowest BCUT2D eigenvalue weighted by molar-refractivity contribution is -0.142. The van der Waals surface area contributed by atoms with Crippen LogP contribution in [0.4, 0.5) is 0 Å². The molecule has 2 aromatic carbocycles. The Bertz CT molecular complexity index is 899. The summed E-state index contributed by atoms with van der Waals surface area (Å²) in [6.45, 7) is 1.80. The van der Waals surface area contributed by atoms with Crippen molar-refractivity contribution in [1.82, 2.24) is 10.2 Å². The van der Waals surface area contributed by atoms with E-state index in [0.717, 1.165) is 31.2 Å². The lowest BCUT2D eigenvalue weighted by atomic mass is 10.1. The van der Waals surface area contributed by atoms with Crippen LogP contribution in [0, 0.1) is 0 Å². The molecule has 1 aliphatic rings. The number of hydrogen-bond acceptors (Lipinski definition) is 4. The van der Waals surface area contributed by atoms with Gasteiger partial charge in [-0.15, -0.1) is 0 Å². The van der Waals surface area contributed by atoms with Crippen molar-refractivity contribution in [3.63, 3.8) is 0 Å². The van der Waals surface area contributed by atoms with Gasteiger partial charge in [-0.05, 0) is 49.6 Å². The molecular formula is C24H29ClN2O4. The molecule has 31 heavy (non-hydrogen) atoms. The molecule has 0 saturated heterocycles. The molecule has 1 N–H and O–H groups in total. The molecule has 2 aromatic rings. The van der Waals surface area contributed by atoms with Gasteiger partial charge in [0.05, 0.1) is 12.1 Å². The van der Waals surface area contributed by atoms with Crippen LogP contribution in [0.25, 0.3) is 0 Å². The standard InChI is InChI=1S/C24H29ClN2O4/c1-17(24(29)26-19-9-3-4-10-19)27(15-18-8-7-11-20(14-18)30-2)23(28)16-31-22-13-6-5-12-21(22)25/h5-8,11-14,17,19H,3-4,9-10,15-16H2,1-2H3,(H,26,29)/t17-/m1/s1. The number of amides is 2. The van der Waals surface area contributed by atoms with Gasteiger partial charge in [0, 0.05) is 12.6 Å². The average molecular weight is 445 g/mol. The predicted molar refractivity (Wildman–Crippen MR) is 120 cm³/mol. The first-order valence-electron chi connectivity index (χ1n) is 10.6. The third kappa shape index (κ3) is 6.37. The third-order valence-electron chi connectivity index (χ3n) is 5.54. The van der Waals surface area contributed by atoms with Gasteiger partial charge in [0.1, 0.15) is 17.5 Å². The van der Waals surface area contributed by atoms with Gasteiger partial charge in [0.25, 0.3) is 5.91 Å². The van der Waals surface area contributed by atoms with Gasteiger partial charge in [0.15, 0.2) is 6.61 Å². The second-order valence-electron chi connectivity index (χ2n) is 7.76. The minimum atomic E-state index is -0.644. The highest BCUT2D eigenvalue weighted by Crippen LogP contribution is 2.24. The van der Waals surface area contributed by atoms with Crippen molar-refractivity contribution in [2.24, 2.45) is 0 Å². The zero-order valence-corrected chi connectivity index (χ0v) is 18.7. The quantitative estimate of drug-likeness (QED) is 0.629. The summed E-state index contributed by atoms with van der Waals surface area (Å²) in [5.41, 5.74) is 0.867. The Morgan fingerprint density at radius 2 is 1.90 bits per heavy atom. The number of nitrogens with zero attached hydrogens (tertiary/aromatic N) is 1. The van der Waals surface area contributed by atoms with Gasteiger partial charge in [-0.25, -0.2) is 0 Å². The highest BCUT2D eigenvalue weighted by Gasteiger charge is 2.29. The number of para-hydroxylation sites is 1. The Kier molecular flexibility index (Phi) is 8.18. The first kappa shape index (κ1) is 22.9. The molecule has 1 fully saturated rings. The van der Waals surface area contributed by atoms with Crippen molar-refractivity contribution >= 4 is 23.4 Å². The minimum absolute atomic E-state index is 0.152. The second-order valence-corrected chi connectivity index (χ2v) is 8.17. The molecule has 1 saturated carbocycles. The molecule has 0 aliphatic heterocycles. The maximum Gasteiger partial charge on any atom is 0.261 e. The number of nitrogens with one attached hydrogen (secondary N) is 1. The summed E-state index contributed by atoms with van der Waals surface area (Å²) in [6.07, 6.45) is 4.21. The first-order chi connectivity index (χ1) is 15.0. The molecule has 7 heteroatoms. The Labute approximate surface area is 188 Å². The molecule has 166 valence electrons. The van der Waals surface area contributed by atoms with Crippen LogP contribution in [0.3, 0.4) is 0 Å². The number of halogens is 1. The molecule has 6 nitrogen and oxygen atoms in total. The van der Waals surface area contributed by atoms with Crippen molar-refractivity contribution < 1.29 is 19.1 Å². The van der Waals surface area contributed by atoms with Crippen LogP contribution in [0.5, 0.6) is 11.5 Å². The van der Waals surface area contributed by atoms with Gasteiger partial charge >= 0.3 is 0 Å². The van der Waals surface area contributed by atoms with Gasteiger partial charge in [0.2, 0.25) is 5.91 Å². The van der Waals surface area contributed by atoms with E-state index < -0.39 is 6.04 Å². The van der Waals surface area contributed by atoms with E-state index in [4.69, 9.17) is 21.1 Å². The summed E-state index contributed by atoms with van der Waals surface area (Å²) >= 11 is 6.13. The van der Waals surface area contributed by atoms with E-state index in [1.165, 1.54) is 4.90 Å². The number of benzene rings is 2. The van der Waals surface area contributed by atoms with E-state index >= 15 is 0 Å². The fourth-order valence-corrected chi connectivity index (χ4v) is 3.92. The van der Waals surface area contributed by atoms with E-state index in [2.05, 4.69) is 5.32 Å². The summed E-state index contributed by atoms with van der Waals surface area (Å²) in [4.78, 5) is 27.5. The Morgan fingerprint density at radius 1 is 1.16 bits per heavy atom. The summed E-state index contributed by atoms with van der Waals surface area (Å²) in [5.74, 6) is 0.680. The summed E-state index contributed by atoms with van der Waals surface area (Å²) in [7, 11) is 1.59. The predicted octanol–water partition coefficient (Wildman–Crippen LogP) is 4.20. The monoisotopic (exact) mass is 444 g/mol. The summed E-state index contributed by atoms with van der Waals surface area (Å²) in [5, 5.41) is 3.52. The fraction of sp³-hybridized carbons (Fsp3) is 0.417. The summed E-state index contributed by atoms with van der Waals surface area (Å²) < 4.78 is 10.9. The molecule has 0 heterocycles. The normalized spacial score (nSPS) is 14.7. The SMILES string of the molecule is COc1cccc(CN(C(=O)COc2ccccc2Cl)[C@H](C)C(=O)NC2CCCC2)c1. The molecule has 0 radical (unpaired) electrons. The topological polar surface area (TPSA) is 67.9 Å². The van der Waals surface area contributed by atoms with Crippen LogP contribution >= 0.6 is 11.6 Å². The second kappa shape index (κ2) is 11.0. The highest BCUT2D eigenvalue weighted by molar-refractivity contribution is 6.32. The van der Waals surface area contributed by atoms with E-state index in [1.54, 1.807) is 38.3 Å². The molecule has 0 aromatic heterocycles. The lowest BCUT2D eigenvalue weighted by Gasteiger charge is -2.29. The van der Waals surface area contributed by atoms with Gasteiger partial charge in [-0.2, -0.15) is 0 Å². The minimum Gasteiger partial charge on any atom is -0.497 e. The Hall–Kier alpha value is -2.73. The molecule has 2 amide bonds. The zero-order chi connectivity index (χ0) is 22.2. The highest BCUT2D eigenvalue weighted by atomic mass is 35.5. The Balaban J connectivity index is 1.73. The fourth-order valence-electron chi connectivity index (χ4n) is 3.73. The molecule has 1 aliphatic carbocycles. The number of hydrogen-bond donors (Lipinski definition) is 1. The first-order valence-corrected chi connectivity index (χ1v) is 11.0. The van der Waals surface area contributed by atoms with E-state index in [-0.39, 0.29) is 31.0 Å². The van der Waals surface area contributed by atoms with E-state index in [1.807, 2.05) is 24.3 Å². The molecule has 0 spiro atoms. The van der Waals surface area contributed by atoms with E-state index in [9.17, 15) is 9.59 Å². The van der Waals surface area contributed by atoms with Gasteiger partial charge in [-0.1, -0.05) is 48.7 Å². The summed E-state index contributed by atoms with van der Waals surface area (Å²) in [6, 6.07) is 14.0. The van der Waals surface area contributed by atoms with Crippen molar-refractivity contribution in [2.45, 2.75) is 51.2 Å². The van der Waals surface area contributed by atoms with Crippen LogP contribution in [0.1, 0.15) is 38.2 Å². The number of rotatable bonds is 9. The van der Waals surface area contributed by atoms with Gasteiger partial charge in [-0.3, -0.25) is 9.59 Å². The molecule has 0 bridgehead atoms. The zero-order valence-electron chi connectivity index (χ0n) is 18.0. The largest absolute Gasteiger partial charge is 0.497 e. The molecular weight excluding hydrogens is 416 g/mol. The van der Waals surface area contributed by atoms with Crippen molar-refractivity contribution in [1.29, 1.82) is 0 Å². The van der Waals surface area contributed by atoms with Crippen LogP contribution in [0.2, 0.25) is 5.02 Å². The smallest absolute Gasteiger partial charge is 0.261 e. The molecule has 0 unspecified atom stereocenters. The third-order valence-corrected chi connectivity index (χ3v) is 5.86. The number of carbonyl (C=O) groups is 2. The van der Waals surface area contributed by atoms with Crippen molar-refractivity contribution in [3.8, 4) is 11.5 Å². The number of methoxy groups -OCH3 is 1. The average Bonchev–Trinajstić information content (AvgIpc) is 3.29. The van der Waals surface area contributed by atoms with Crippen LogP contribution < -0.4 is 14.8 Å². The maximum atomic E-state index is 13.1. The molecule has 1 atom stereocenters. The van der Waals surface area contributed by atoms with Crippen LogP contribution in [-0.4, -0.2) is 42.5 Å². The number of carbonyl (C=O) groups excluding carboxylic acids is 2. The van der Waals surface area contributed by atoms with Crippen molar-refractivity contribution in [3.05, 3.63) is 59.1 Å². The van der Waals surface area contributed by atoms with Gasteiger partial charge < -0.3 is 19.7 Å². The van der Waals surface area contributed by atoms with Crippen LogP contribution in [0.15, 0.2) is 48.5 Å². The van der Waals surface area contributed by atoms with Crippen LogP contribution in [-0.2, 0) is 16.1 Å². The molecule has 3 rings (SSSR count). The maximum absolute atomic E-state index is 13.1. The Morgan fingerprint density at radius 3 is 2.61 bits per heavy atom. The number of ether oxygens (including phenoxy) is 2. The lowest BCUT2D eigenvalue weighted by Crippen LogP contribution is -2.50. The van der Waals surface area contributed by atoms with E-state index in [0.29, 0.717) is 16.5 Å².